The summed E-state index contributed by atoms with van der Waals surface area (Å²) in [7, 11) is -4.10. The average molecular weight is 537 g/mol. The van der Waals surface area contributed by atoms with Crippen LogP contribution in [0.3, 0.4) is 0 Å². The Morgan fingerprint density at radius 1 is 0.886 bits per heavy atom. The SMILES string of the molecule is O=C(NCCCC(NS(=O)(=O)c1ccc(-c2ccc(Cl)cc2)cc1)C(=O)O)c1ccc(Cl)cc1O. The van der Waals surface area contributed by atoms with E-state index in [1.807, 2.05) is 0 Å². The van der Waals surface area contributed by atoms with E-state index >= 15 is 0 Å². The Hall–Kier alpha value is -3.11. The van der Waals surface area contributed by atoms with Crippen molar-refractivity contribution in [2.45, 2.75) is 23.8 Å². The molecule has 0 fully saturated rings. The molecule has 0 saturated carbocycles. The molecule has 1 atom stereocenters. The van der Waals surface area contributed by atoms with Crippen LogP contribution in [0.15, 0.2) is 71.6 Å². The van der Waals surface area contributed by atoms with Crippen LogP contribution in [-0.2, 0) is 14.8 Å². The summed E-state index contributed by atoms with van der Waals surface area (Å²) in [5, 5.41) is 22.7. The van der Waals surface area contributed by atoms with Gasteiger partial charge >= 0.3 is 5.97 Å². The molecule has 35 heavy (non-hydrogen) atoms. The number of rotatable bonds is 10. The fourth-order valence-electron chi connectivity index (χ4n) is 3.26. The number of nitrogens with one attached hydrogen (secondary N) is 2. The average Bonchev–Trinajstić information content (AvgIpc) is 2.81. The Balaban J connectivity index is 1.58. The first-order chi connectivity index (χ1) is 16.6. The van der Waals surface area contributed by atoms with Crippen molar-refractivity contribution < 1.29 is 28.2 Å². The normalized spacial score (nSPS) is 12.2. The maximum atomic E-state index is 12.7. The number of aromatic hydroxyl groups is 1. The van der Waals surface area contributed by atoms with E-state index in [0.717, 1.165) is 11.1 Å². The van der Waals surface area contributed by atoms with Gasteiger partial charge in [-0.05, 0) is 66.4 Å². The lowest BCUT2D eigenvalue weighted by atomic mass is 10.1. The standard InChI is InChI=1S/C24H22Cl2N2O6S/c25-17-7-3-15(4-8-17)16-5-10-19(11-6-16)35(33,34)28-21(24(31)32)2-1-13-27-23(30)20-12-9-18(26)14-22(20)29/h3-12,14,21,28-29H,1-2,13H2,(H,27,30)(H,31,32). The number of hydrogen-bond acceptors (Lipinski definition) is 5. The summed E-state index contributed by atoms with van der Waals surface area (Å²) < 4.78 is 27.7. The van der Waals surface area contributed by atoms with Gasteiger partial charge in [-0.2, -0.15) is 4.72 Å². The summed E-state index contributed by atoms with van der Waals surface area (Å²) in [6.07, 6.45) is 0.111. The predicted molar refractivity (Wildman–Crippen MR) is 133 cm³/mol. The van der Waals surface area contributed by atoms with Crippen molar-refractivity contribution in [3.63, 3.8) is 0 Å². The molecule has 0 aliphatic rings. The molecule has 11 heteroatoms. The third-order valence-corrected chi connectivity index (χ3v) is 7.07. The van der Waals surface area contributed by atoms with Gasteiger partial charge in [0.2, 0.25) is 10.0 Å². The molecule has 184 valence electrons. The van der Waals surface area contributed by atoms with Crippen molar-refractivity contribution in [2.75, 3.05) is 6.54 Å². The Morgan fingerprint density at radius 3 is 2.03 bits per heavy atom. The van der Waals surface area contributed by atoms with Crippen LogP contribution in [-0.4, -0.2) is 43.1 Å². The fourth-order valence-corrected chi connectivity index (χ4v) is 4.77. The lowest BCUT2D eigenvalue weighted by molar-refractivity contribution is -0.139. The molecule has 3 aromatic rings. The van der Waals surface area contributed by atoms with Crippen LogP contribution >= 0.6 is 23.2 Å². The minimum absolute atomic E-state index is 0.0203. The van der Waals surface area contributed by atoms with E-state index in [1.54, 1.807) is 36.4 Å². The summed E-state index contributed by atoms with van der Waals surface area (Å²) >= 11 is 11.6. The summed E-state index contributed by atoms with van der Waals surface area (Å²) in [5.41, 5.74) is 1.65. The molecule has 0 aromatic heterocycles. The number of carbonyl (C=O) groups is 2. The third-order valence-electron chi connectivity index (χ3n) is 5.10. The highest BCUT2D eigenvalue weighted by atomic mass is 35.5. The van der Waals surface area contributed by atoms with Gasteiger partial charge in [-0.15, -0.1) is 0 Å². The maximum Gasteiger partial charge on any atom is 0.321 e. The largest absolute Gasteiger partial charge is 0.507 e. The molecular weight excluding hydrogens is 515 g/mol. The predicted octanol–water partition coefficient (Wildman–Crippen LogP) is 4.31. The zero-order valence-electron chi connectivity index (χ0n) is 18.2. The Labute approximate surface area is 212 Å². The number of aliphatic carboxylic acids is 1. The summed E-state index contributed by atoms with van der Waals surface area (Å²) in [5.74, 6) is -2.19. The zero-order valence-corrected chi connectivity index (χ0v) is 20.6. The maximum absolute atomic E-state index is 12.7. The number of amides is 1. The van der Waals surface area contributed by atoms with Crippen molar-refractivity contribution >= 4 is 45.1 Å². The van der Waals surface area contributed by atoms with Gasteiger partial charge in [-0.3, -0.25) is 9.59 Å². The number of phenols is 1. The Bertz CT molecular complexity index is 1310. The fraction of sp³-hybridized carbons (Fsp3) is 0.167. The molecule has 1 unspecified atom stereocenters. The van der Waals surface area contributed by atoms with Gasteiger partial charge in [0.05, 0.1) is 10.5 Å². The van der Waals surface area contributed by atoms with Crippen molar-refractivity contribution in [1.29, 1.82) is 0 Å². The number of carboxylic acid groups (broad SMARTS) is 1. The summed E-state index contributed by atoms with van der Waals surface area (Å²) in [4.78, 5) is 23.7. The van der Waals surface area contributed by atoms with E-state index in [4.69, 9.17) is 23.2 Å². The second-order valence-corrected chi connectivity index (χ2v) is 10.2. The van der Waals surface area contributed by atoms with E-state index in [0.29, 0.717) is 5.02 Å². The number of benzene rings is 3. The smallest absolute Gasteiger partial charge is 0.321 e. The molecule has 0 bridgehead atoms. The van der Waals surface area contributed by atoms with E-state index in [2.05, 4.69) is 10.0 Å². The molecule has 0 spiro atoms. The molecule has 3 aromatic carbocycles. The van der Waals surface area contributed by atoms with Crippen LogP contribution in [0.5, 0.6) is 5.75 Å². The van der Waals surface area contributed by atoms with E-state index < -0.39 is 27.9 Å². The lowest BCUT2D eigenvalue weighted by Crippen LogP contribution is -2.41. The number of sulfonamides is 1. The van der Waals surface area contributed by atoms with Crippen LogP contribution in [0.1, 0.15) is 23.2 Å². The molecular formula is C24H22Cl2N2O6S. The second kappa shape index (κ2) is 11.5. The number of carboxylic acids is 1. The number of phenolic OH excluding ortho intramolecular Hbond substituents is 1. The van der Waals surface area contributed by atoms with Crippen LogP contribution in [0.2, 0.25) is 10.0 Å². The van der Waals surface area contributed by atoms with Crippen LogP contribution in [0, 0.1) is 0 Å². The van der Waals surface area contributed by atoms with Crippen LogP contribution in [0.25, 0.3) is 11.1 Å². The van der Waals surface area contributed by atoms with E-state index in [1.165, 1.54) is 30.3 Å². The highest BCUT2D eigenvalue weighted by Gasteiger charge is 2.25. The topological polar surface area (TPSA) is 133 Å². The molecule has 8 nitrogen and oxygen atoms in total. The van der Waals surface area contributed by atoms with Crippen LogP contribution in [0.4, 0.5) is 0 Å². The quantitative estimate of drug-likeness (QED) is 0.285. The Morgan fingerprint density at radius 2 is 1.46 bits per heavy atom. The van der Waals surface area contributed by atoms with Crippen molar-refractivity contribution in [1.82, 2.24) is 10.0 Å². The van der Waals surface area contributed by atoms with E-state index in [-0.39, 0.29) is 40.6 Å². The van der Waals surface area contributed by atoms with Gasteiger partial charge < -0.3 is 15.5 Å². The Kier molecular flexibility index (Phi) is 8.74. The highest BCUT2D eigenvalue weighted by molar-refractivity contribution is 7.89. The molecule has 0 aliphatic carbocycles. The molecule has 0 aliphatic heterocycles. The molecule has 1 amide bonds. The third kappa shape index (κ3) is 7.19. The summed E-state index contributed by atoms with van der Waals surface area (Å²) in [6, 6.07) is 15.7. The molecule has 3 rings (SSSR count). The first kappa shape index (κ1) is 26.5. The highest BCUT2D eigenvalue weighted by Crippen LogP contribution is 2.24. The second-order valence-electron chi connectivity index (χ2n) is 7.60. The van der Waals surface area contributed by atoms with Gasteiger partial charge in [0.15, 0.2) is 0 Å². The van der Waals surface area contributed by atoms with Gasteiger partial charge in [0.1, 0.15) is 11.8 Å². The van der Waals surface area contributed by atoms with Gasteiger partial charge in [0, 0.05) is 16.6 Å². The van der Waals surface area contributed by atoms with E-state index in [9.17, 15) is 28.2 Å². The minimum Gasteiger partial charge on any atom is -0.507 e. The zero-order chi connectivity index (χ0) is 25.6. The van der Waals surface area contributed by atoms with Crippen LogP contribution < -0.4 is 10.0 Å². The minimum atomic E-state index is -4.10. The molecule has 4 N–H and O–H groups in total. The van der Waals surface area contributed by atoms with Gasteiger partial charge in [0.25, 0.3) is 5.91 Å². The van der Waals surface area contributed by atoms with Crippen molar-refractivity contribution in [3.05, 3.63) is 82.3 Å². The van der Waals surface area contributed by atoms with Gasteiger partial charge in [-0.25, -0.2) is 8.42 Å². The number of carbonyl (C=O) groups excluding carboxylic acids is 1. The van der Waals surface area contributed by atoms with Gasteiger partial charge in [-0.1, -0.05) is 47.5 Å². The van der Waals surface area contributed by atoms with Crippen molar-refractivity contribution in [3.8, 4) is 16.9 Å². The lowest BCUT2D eigenvalue weighted by Gasteiger charge is -2.15. The molecule has 0 heterocycles. The number of halogens is 2. The molecule has 0 radical (unpaired) electrons. The summed E-state index contributed by atoms with van der Waals surface area (Å²) in [6.45, 7) is 0.0716. The monoisotopic (exact) mass is 536 g/mol. The molecule has 0 saturated heterocycles. The first-order valence-corrected chi connectivity index (χ1v) is 12.7. The van der Waals surface area contributed by atoms with Crippen molar-refractivity contribution in [2.24, 2.45) is 0 Å². The number of hydrogen-bond donors (Lipinski definition) is 4. The first-order valence-electron chi connectivity index (χ1n) is 10.4.